The SMILES string of the molecule is c1coc(CNCc2ccnnc2)c1. The molecular formula is C10H11N3O. The van der Waals surface area contributed by atoms with Gasteiger partial charge in [0, 0.05) is 12.7 Å². The second-order valence-electron chi connectivity index (χ2n) is 2.93. The number of rotatable bonds is 4. The fourth-order valence-corrected chi connectivity index (χ4v) is 1.17. The molecule has 0 aliphatic rings. The second kappa shape index (κ2) is 4.53. The van der Waals surface area contributed by atoms with Crippen LogP contribution < -0.4 is 5.32 Å². The van der Waals surface area contributed by atoms with Crippen LogP contribution in [0.4, 0.5) is 0 Å². The Bertz CT molecular complexity index is 358. The number of aromatic nitrogens is 2. The molecule has 0 atom stereocenters. The maximum absolute atomic E-state index is 5.18. The van der Waals surface area contributed by atoms with Gasteiger partial charge in [0.1, 0.15) is 5.76 Å². The number of nitrogens with one attached hydrogen (secondary N) is 1. The Morgan fingerprint density at radius 2 is 2.21 bits per heavy atom. The van der Waals surface area contributed by atoms with E-state index in [0.717, 1.165) is 24.4 Å². The highest BCUT2D eigenvalue weighted by atomic mass is 16.3. The Kier molecular flexibility index (Phi) is 2.88. The summed E-state index contributed by atoms with van der Waals surface area (Å²) in [6, 6.07) is 5.75. The third-order valence-corrected chi connectivity index (χ3v) is 1.85. The largest absolute Gasteiger partial charge is 0.468 e. The summed E-state index contributed by atoms with van der Waals surface area (Å²) in [5, 5.41) is 10.7. The first-order chi connectivity index (χ1) is 6.95. The standard InChI is InChI=1S/C10H11N3O/c1-2-10(14-5-1)8-11-6-9-3-4-12-13-7-9/h1-5,7,11H,6,8H2. The molecule has 2 aromatic heterocycles. The van der Waals surface area contributed by atoms with Gasteiger partial charge in [-0.05, 0) is 23.8 Å². The maximum atomic E-state index is 5.18. The molecule has 2 rings (SSSR count). The lowest BCUT2D eigenvalue weighted by Gasteiger charge is -2.01. The first-order valence-corrected chi connectivity index (χ1v) is 4.44. The van der Waals surface area contributed by atoms with Crippen LogP contribution in [0.2, 0.25) is 0 Å². The lowest BCUT2D eigenvalue weighted by atomic mass is 10.3. The van der Waals surface area contributed by atoms with Gasteiger partial charge in [-0.2, -0.15) is 10.2 Å². The number of furan rings is 1. The maximum Gasteiger partial charge on any atom is 0.117 e. The van der Waals surface area contributed by atoms with Gasteiger partial charge >= 0.3 is 0 Å². The monoisotopic (exact) mass is 189 g/mol. The van der Waals surface area contributed by atoms with Gasteiger partial charge < -0.3 is 9.73 Å². The molecule has 0 unspecified atom stereocenters. The number of hydrogen-bond donors (Lipinski definition) is 1. The molecular weight excluding hydrogens is 178 g/mol. The summed E-state index contributed by atoms with van der Waals surface area (Å²) >= 11 is 0. The molecule has 2 heterocycles. The van der Waals surface area contributed by atoms with Crippen LogP contribution in [-0.2, 0) is 13.1 Å². The minimum absolute atomic E-state index is 0.731. The van der Waals surface area contributed by atoms with Crippen molar-refractivity contribution in [1.82, 2.24) is 15.5 Å². The minimum atomic E-state index is 0.731. The van der Waals surface area contributed by atoms with E-state index in [9.17, 15) is 0 Å². The van der Waals surface area contributed by atoms with Crippen LogP contribution in [-0.4, -0.2) is 10.2 Å². The molecule has 14 heavy (non-hydrogen) atoms. The normalized spacial score (nSPS) is 10.3. The van der Waals surface area contributed by atoms with Crippen molar-refractivity contribution < 1.29 is 4.42 Å². The molecule has 0 aliphatic carbocycles. The van der Waals surface area contributed by atoms with E-state index >= 15 is 0 Å². The summed E-state index contributed by atoms with van der Waals surface area (Å²) in [6.07, 6.45) is 5.10. The van der Waals surface area contributed by atoms with Crippen LogP contribution in [0.25, 0.3) is 0 Å². The van der Waals surface area contributed by atoms with Crippen LogP contribution >= 0.6 is 0 Å². The molecule has 4 heteroatoms. The Balaban J connectivity index is 1.79. The Morgan fingerprint density at radius 1 is 1.21 bits per heavy atom. The van der Waals surface area contributed by atoms with Gasteiger partial charge in [0.25, 0.3) is 0 Å². The Labute approximate surface area is 82.0 Å². The van der Waals surface area contributed by atoms with Gasteiger partial charge in [-0.1, -0.05) is 0 Å². The van der Waals surface area contributed by atoms with E-state index in [1.54, 1.807) is 18.7 Å². The van der Waals surface area contributed by atoms with Crippen molar-refractivity contribution in [2.24, 2.45) is 0 Å². The van der Waals surface area contributed by atoms with Crippen molar-refractivity contribution >= 4 is 0 Å². The van der Waals surface area contributed by atoms with Gasteiger partial charge in [0.05, 0.1) is 19.0 Å². The highest BCUT2D eigenvalue weighted by Crippen LogP contribution is 1.99. The topological polar surface area (TPSA) is 51.0 Å². The third kappa shape index (κ3) is 2.40. The van der Waals surface area contributed by atoms with Crippen molar-refractivity contribution in [3.63, 3.8) is 0 Å². The summed E-state index contributed by atoms with van der Waals surface area (Å²) in [6.45, 7) is 1.51. The summed E-state index contributed by atoms with van der Waals surface area (Å²) in [5.41, 5.74) is 1.12. The van der Waals surface area contributed by atoms with Crippen LogP contribution in [0, 0.1) is 0 Å². The Morgan fingerprint density at radius 3 is 2.93 bits per heavy atom. The quantitative estimate of drug-likeness (QED) is 0.789. The van der Waals surface area contributed by atoms with E-state index in [-0.39, 0.29) is 0 Å². The molecule has 0 saturated carbocycles. The molecule has 0 spiro atoms. The molecule has 0 fully saturated rings. The van der Waals surface area contributed by atoms with Gasteiger partial charge in [0.15, 0.2) is 0 Å². The van der Waals surface area contributed by atoms with Crippen molar-refractivity contribution in [2.45, 2.75) is 13.1 Å². The van der Waals surface area contributed by atoms with Gasteiger partial charge in [0.2, 0.25) is 0 Å². The fourth-order valence-electron chi connectivity index (χ4n) is 1.17. The summed E-state index contributed by atoms with van der Waals surface area (Å²) < 4.78 is 5.18. The third-order valence-electron chi connectivity index (χ3n) is 1.85. The molecule has 0 aliphatic heterocycles. The average molecular weight is 189 g/mol. The molecule has 0 radical (unpaired) electrons. The summed E-state index contributed by atoms with van der Waals surface area (Å²) in [4.78, 5) is 0. The molecule has 0 saturated heterocycles. The van der Waals surface area contributed by atoms with Crippen molar-refractivity contribution in [3.05, 3.63) is 48.2 Å². The molecule has 0 bridgehead atoms. The molecule has 1 N–H and O–H groups in total. The van der Waals surface area contributed by atoms with Crippen molar-refractivity contribution in [2.75, 3.05) is 0 Å². The van der Waals surface area contributed by atoms with Crippen LogP contribution in [0.3, 0.4) is 0 Å². The highest BCUT2D eigenvalue weighted by molar-refractivity contribution is 5.05. The van der Waals surface area contributed by atoms with Gasteiger partial charge in [-0.25, -0.2) is 0 Å². The van der Waals surface area contributed by atoms with E-state index in [1.807, 2.05) is 18.2 Å². The van der Waals surface area contributed by atoms with Crippen molar-refractivity contribution in [3.8, 4) is 0 Å². The lowest BCUT2D eigenvalue weighted by molar-refractivity contribution is 0.483. The zero-order valence-corrected chi connectivity index (χ0v) is 7.68. The minimum Gasteiger partial charge on any atom is -0.468 e. The predicted octanol–water partition coefficient (Wildman–Crippen LogP) is 1.36. The first-order valence-electron chi connectivity index (χ1n) is 4.44. The first kappa shape index (κ1) is 8.90. The highest BCUT2D eigenvalue weighted by Gasteiger charge is 1.95. The summed E-state index contributed by atoms with van der Waals surface area (Å²) in [5.74, 6) is 0.937. The smallest absolute Gasteiger partial charge is 0.117 e. The molecule has 72 valence electrons. The number of nitrogens with zero attached hydrogens (tertiary/aromatic N) is 2. The zero-order chi connectivity index (χ0) is 9.64. The van der Waals surface area contributed by atoms with E-state index in [1.165, 1.54) is 0 Å². The van der Waals surface area contributed by atoms with Crippen LogP contribution in [0.5, 0.6) is 0 Å². The van der Waals surface area contributed by atoms with Crippen LogP contribution in [0.15, 0.2) is 41.3 Å². The molecule has 0 aromatic carbocycles. The van der Waals surface area contributed by atoms with Crippen molar-refractivity contribution in [1.29, 1.82) is 0 Å². The predicted molar refractivity (Wildman–Crippen MR) is 51.3 cm³/mol. The molecule has 4 nitrogen and oxygen atoms in total. The summed E-state index contributed by atoms with van der Waals surface area (Å²) in [7, 11) is 0. The number of hydrogen-bond acceptors (Lipinski definition) is 4. The van der Waals surface area contributed by atoms with E-state index in [0.29, 0.717) is 0 Å². The molecule has 2 aromatic rings. The second-order valence-corrected chi connectivity index (χ2v) is 2.93. The van der Waals surface area contributed by atoms with E-state index in [4.69, 9.17) is 4.42 Å². The van der Waals surface area contributed by atoms with Crippen LogP contribution in [0.1, 0.15) is 11.3 Å². The van der Waals surface area contributed by atoms with Gasteiger partial charge in [-0.3, -0.25) is 0 Å². The average Bonchev–Trinajstić information content (AvgIpc) is 2.72. The Hall–Kier alpha value is -1.68. The van der Waals surface area contributed by atoms with Gasteiger partial charge in [-0.15, -0.1) is 0 Å². The molecule has 0 amide bonds. The lowest BCUT2D eigenvalue weighted by Crippen LogP contribution is -2.12. The van der Waals surface area contributed by atoms with E-state index in [2.05, 4.69) is 15.5 Å². The zero-order valence-electron chi connectivity index (χ0n) is 7.68. The fraction of sp³-hybridized carbons (Fsp3) is 0.200. The van der Waals surface area contributed by atoms with E-state index < -0.39 is 0 Å².